The van der Waals surface area contributed by atoms with Crippen molar-refractivity contribution in [2.45, 2.75) is 6.92 Å². The van der Waals surface area contributed by atoms with Crippen molar-refractivity contribution in [3.63, 3.8) is 0 Å². The van der Waals surface area contributed by atoms with E-state index in [1.807, 2.05) is 13.0 Å². The number of non-ortho nitro benzene ring substituents is 1. The van der Waals surface area contributed by atoms with Crippen LogP contribution in [0.3, 0.4) is 0 Å². The maximum Gasteiger partial charge on any atom is 0.270 e. The SMILES string of the molecule is CNc1nc2ccc([N+](=O)[O-])cc2cc1C. The number of nitro groups is 1. The molecular formula is C11H11N3O2. The van der Waals surface area contributed by atoms with Gasteiger partial charge < -0.3 is 5.32 Å². The van der Waals surface area contributed by atoms with Gasteiger partial charge in [-0.25, -0.2) is 4.98 Å². The van der Waals surface area contributed by atoms with Crippen molar-refractivity contribution < 1.29 is 4.92 Å². The zero-order valence-corrected chi connectivity index (χ0v) is 9.02. The van der Waals surface area contributed by atoms with Crippen molar-refractivity contribution in [2.75, 3.05) is 12.4 Å². The number of rotatable bonds is 2. The largest absolute Gasteiger partial charge is 0.373 e. The number of nitro benzene ring substituents is 1. The molecule has 0 radical (unpaired) electrons. The molecule has 0 unspecified atom stereocenters. The number of benzene rings is 1. The number of nitrogens with zero attached hydrogens (tertiary/aromatic N) is 2. The minimum atomic E-state index is -0.402. The predicted octanol–water partition coefficient (Wildman–Crippen LogP) is 2.49. The van der Waals surface area contributed by atoms with E-state index in [0.29, 0.717) is 0 Å². The summed E-state index contributed by atoms with van der Waals surface area (Å²) in [4.78, 5) is 14.6. The van der Waals surface area contributed by atoms with Gasteiger partial charge in [-0.3, -0.25) is 10.1 Å². The molecule has 0 saturated heterocycles. The summed E-state index contributed by atoms with van der Waals surface area (Å²) in [6.45, 7) is 1.91. The van der Waals surface area contributed by atoms with E-state index in [4.69, 9.17) is 0 Å². The molecular weight excluding hydrogens is 206 g/mol. The van der Waals surface area contributed by atoms with Crippen molar-refractivity contribution in [1.82, 2.24) is 4.98 Å². The normalized spacial score (nSPS) is 10.4. The fourth-order valence-corrected chi connectivity index (χ4v) is 1.64. The Bertz CT molecular complexity index is 566. The van der Waals surface area contributed by atoms with Crippen LogP contribution in [0.4, 0.5) is 11.5 Å². The minimum Gasteiger partial charge on any atom is -0.373 e. The van der Waals surface area contributed by atoms with Gasteiger partial charge >= 0.3 is 0 Å². The lowest BCUT2D eigenvalue weighted by Crippen LogP contribution is -1.96. The third kappa shape index (κ3) is 1.67. The quantitative estimate of drug-likeness (QED) is 0.619. The highest BCUT2D eigenvalue weighted by atomic mass is 16.6. The first-order valence-electron chi connectivity index (χ1n) is 4.85. The first kappa shape index (κ1) is 10.4. The van der Waals surface area contributed by atoms with Gasteiger partial charge in [0, 0.05) is 24.6 Å². The van der Waals surface area contributed by atoms with E-state index in [0.717, 1.165) is 22.3 Å². The van der Waals surface area contributed by atoms with Gasteiger partial charge in [-0.15, -0.1) is 0 Å². The smallest absolute Gasteiger partial charge is 0.270 e. The third-order valence-electron chi connectivity index (χ3n) is 2.44. The van der Waals surface area contributed by atoms with Crippen molar-refractivity contribution in [3.05, 3.63) is 39.9 Å². The second kappa shape index (κ2) is 3.77. The Morgan fingerprint density at radius 2 is 2.12 bits per heavy atom. The molecule has 0 aliphatic carbocycles. The van der Waals surface area contributed by atoms with Gasteiger partial charge in [-0.05, 0) is 24.6 Å². The molecule has 2 aromatic rings. The Morgan fingerprint density at radius 1 is 1.38 bits per heavy atom. The zero-order chi connectivity index (χ0) is 11.7. The van der Waals surface area contributed by atoms with Crippen LogP contribution >= 0.6 is 0 Å². The molecule has 1 N–H and O–H groups in total. The van der Waals surface area contributed by atoms with Crippen LogP contribution in [0.2, 0.25) is 0 Å². The molecule has 0 amide bonds. The van der Waals surface area contributed by atoms with Crippen LogP contribution in [0.25, 0.3) is 10.9 Å². The number of pyridine rings is 1. The van der Waals surface area contributed by atoms with Gasteiger partial charge in [0.1, 0.15) is 5.82 Å². The lowest BCUT2D eigenvalue weighted by Gasteiger charge is -2.05. The van der Waals surface area contributed by atoms with Gasteiger partial charge in [0.15, 0.2) is 0 Å². The minimum absolute atomic E-state index is 0.0888. The van der Waals surface area contributed by atoms with E-state index in [2.05, 4.69) is 10.3 Å². The molecule has 0 spiro atoms. The lowest BCUT2D eigenvalue weighted by atomic mass is 10.1. The molecule has 2 rings (SSSR count). The molecule has 5 nitrogen and oxygen atoms in total. The summed E-state index contributed by atoms with van der Waals surface area (Å²) in [7, 11) is 1.80. The first-order chi connectivity index (χ1) is 7.61. The molecule has 0 fully saturated rings. The van der Waals surface area contributed by atoms with Crippen molar-refractivity contribution >= 4 is 22.4 Å². The van der Waals surface area contributed by atoms with E-state index >= 15 is 0 Å². The van der Waals surface area contributed by atoms with Crippen molar-refractivity contribution in [1.29, 1.82) is 0 Å². The monoisotopic (exact) mass is 217 g/mol. The van der Waals surface area contributed by atoms with Crippen LogP contribution in [-0.4, -0.2) is 17.0 Å². The summed E-state index contributed by atoms with van der Waals surface area (Å²) < 4.78 is 0. The molecule has 0 atom stereocenters. The molecule has 5 heteroatoms. The number of aromatic nitrogens is 1. The molecule has 1 aromatic carbocycles. The maximum atomic E-state index is 10.6. The zero-order valence-electron chi connectivity index (χ0n) is 9.02. The van der Waals surface area contributed by atoms with Gasteiger partial charge in [-0.2, -0.15) is 0 Å². The summed E-state index contributed by atoms with van der Waals surface area (Å²) in [5.74, 6) is 0.793. The molecule has 1 heterocycles. The highest BCUT2D eigenvalue weighted by Crippen LogP contribution is 2.23. The Labute approximate surface area is 92.3 Å². The molecule has 16 heavy (non-hydrogen) atoms. The van der Waals surface area contributed by atoms with Crippen molar-refractivity contribution in [3.8, 4) is 0 Å². The Kier molecular flexibility index (Phi) is 2.44. The Balaban J connectivity index is 2.66. The Hall–Kier alpha value is -2.17. The van der Waals surface area contributed by atoms with Gasteiger partial charge in [0.2, 0.25) is 0 Å². The number of hydrogen-bond acceptors (Lipinski definition) is 4. The fourth-order valence-electron chi connectivity index (χ4n) is 1.64. The van der Waals surface area contributed by atoms with Gasteiger partial charge in [0.05, 0.1) is 10.4 Å². The topological polar surface area (TPSA) is 68.1 Å². The summed E-state index contributed by atoms with van der Waals surface area (Å²) in [5, 5.41) is 14.4. The first-order valence-corrected chi connectivity index (χ1v) is 4.85. The van der Waals surface area contributed by atoms with Crippen LogP contribution in [0, 0.1) is 17.0 Å². The van der Waals surface area contributed by atoms with E-state index < -0.39 is 4.92 Å². The number of nitrogens with one attached hydrogen (secondary N) is 1. The van der Waals surface area contributed by atoms with E-state index in [-0.39, 0.29) is 5.69 Å². The summed E-state index contributed by atoms with van der Waals surface area (Å²) in [6, 6.07) is 6.55. The average molecular weight is 217 g/mol. The molecule has 0 aliphatic rings. The van der Waals surface area contributed by atoms with Crippen LogP contribution < -0.4 is 5.32 Å². The van der Waals surface area contributed by atoms with Crippen LogP contribution in [0.5, 0.6) is 0 Å². The number of fused-ring (bicyclic) bond motifs is 1. The molecule has 82 valence electrons. The lowest BCUT2D eigenvalue weighted by molar-refractivity contribution is -0.384. The second-order valence-corrected chi connectivity index (χ2v) is 3.54. The van der Waals surface area contributed by atoms with Gasteiger partial charge in [0.25, 0.3) is 5.69 Å². The molecule has 1 aromatic heterocycles. The average Bonchev–Trinajstić information content (AvgIpc) is 2.27. The number of aryl methyl sites for hydroxylation is 1. The standard InChI is InChI=1S/C11H11N3O2/c1-7-5-8-6-9(14(15)16)3-4-10(8)13-11(7)12-2/h3-6H,1-2H3,(H,12,13). The molecule has 0 aliphatic heterocycles. The number of hydrogen-bond donors (Lipinski definition) is 1. The molecule has 0 bridgehead atoms. The summed E-state index contributed by atoms with van der Waals surface area (Å²) in [6.07, 6.45) is 0. The Morgan fingerprint density at radius 3 is 2.75 bits per heavy atom. The maximum absolute atomic E-state index is 10.6. The highest BCUT2D eigenvalue weighted by molar-refractivity contribution is 5.83. The van der Waals surface area contributed by atoms with E-state index in [1.165, 1.54) is 12.1 Å². The molecule has 0 saturated carbocycles. The van der Waals surface area contributed by atoms with Crippen LogP contribution in [0.15, 0.2) is 24.3 Å². The number of anilines is 1. The second-order valence-electron chi connectivity index (χ2n) is 3.54. The van der Waals surface area contributed by atoms with Crippen molar-refractivity contribution in [2.24, 2.45) is 0 Å². The van der Waals surface area contributed by atoms with Crippen LogP contribution in [0.1, 0.15) is 5.56 Å². The van der Waals surface area contributed by atoms with E-state index in [9.17, 15) is 10.1 Å². The third-order valence-corrected chi connectivity index (χ3v) is 2.44. The predicted molar refractivity (Wildman–Crippen MR) is 62.7 cm³/mol. The van der Waals surface area contributed by atoms with Crippen LogP contribution in [-0.2, 0) is 0 Å². The summed E-state index contributed by atoms with van der Waals surface area (Å²) >= 11 is 0. The fraction of sp³-hybridized carbons (Fsp3) is 0.182. The van der Waals surface area contributed by atoms with Gasteiger partial charge in [-0.1, -0.05) is 0 Å². The highest BCUT2D eigenvalue weighted by Gasteiger charge is 2.08. The summed E-state index contributed by atoms with van der Waals surface area (Å²) in [5.41, 5.74) is 1.81. The van der Waals surface area contributed by atoms with E-state index in [1.54, 1.807) is 13.1 Å².